The van der Waals surface area contributed by atoms with E-state index < -0.39 is 8.25 Å². The van der Waals surface area contributed by atoms with Gasteiger partial charge in [-0.15, -0.1) is 0 Å². The van der Waals surface area contributed by atoms with Crippen LogP contribution in [0.1, 0.15) is 26.3 Å². The molecule has 1 N–H and O–H groups in total. The van der Waals surface area contributed by atoms with Gasteiger partial charge in [-0.2, -0.15) is 0 Å². The lowest BCUT2D eigenvalue weighted by molar-refractivity contribution is 0.409. The van der Waals surface area contributed by atoms with E-state index in [1.54, 1.807) is 12.1 Å². The quantitative estimate of drug-likeness (QED) is 0.770. The highest BCUT2D eigenvalue weighted by molar-refractivity contribution is 7.32. The molecule has 1 aromatic rings. The maximum Gasteiger partial charge on any atom is 0.365 e. The second kappa shape index (κ2) is 4.16. The summed E-state index contributed by atoms with van der Waals surface area (Å²) in [6, 6.07) is 7.26. The summed E-state index contributed by atoms with van der Waals surface area (Å²) in [6.45, 7) is 6.23. The molecular formula is C10H15O3P. The smallest absolute Gasteiger partial charge is 0.365 e. The Morgan fingerprint density at radius 3 is 2.50 bits per heavy atom. The fourth-order valence-corrected chi connectivity index (χ4v) is 1.46. The largest absolute Gasteiger partial charge is 0.426 e. The van der Waals surface area contributed by atoms with Crippen molar-refractivity contribution in [3.63, 3.8) is 0 Å². The number of hydrogen-bond donors (Lipinski definition) is 1. The van der Waals surface area contributed by atoms with Crippen molar-refractivity contribution < 1.29 is 14.0 Å². The summed E-state index contributed by atoms with van der Waals surface area (Å²) in [6.07, 6.45) is 0. The second-order valence-corrected chi connectivity index (χ2v) is 4.88. The molecule has 1 aromatic carbocycles. The summed E-state index contributed by atoms with van der Waals surface area (Å²) >= 11 is 0. The van der Waals surface area contributed by atoms with E-state index in [0.717, 1.165) is 5.56 Å². The molecule has 0 aliphatic rings. The Morgan fingerprint density at radius 1 is 1.36 bits per heavy atom. The zero-order chi connectivity index (χ0) is 10.8. The molecule has 1 rings (SSSR count). The van der Waals surface area contributed by atoms with Crippen LogP contribution in [0.5, 0.6) is 5.75 Å². The molecule has 0 aliphatic carbocycles. The molecular weight excluding hydrogens is 199 g/mol. The Balaban J connectivity index is 2.95. The van der Waals surface area contributed by atoms with Gasteiger partial charge in [0.2, 0.25) is 0 Å². The third kappa shape index (κ3) is 3.17. The Labute approximate surface area is 84.7 Å². The zero-order valence-corrected chi connectivity index (χ0v) is 9.57. The molecule has 0 radical (unpaired) electrons. The highest BCUT2D eigenvalue weighted by atomic mass is 31.1. The fourth-order valence-electron chi connectivity index (χ4n) is 1.13. The molecule has 4 heteroatoms. The topological polar surface area (TPSA) is 46.5 Å². The molecule has 78 valence electrons. The molecule has 1 unspecified atom stereocenters. The van der Waals surface area contributed by atoms with Gasteiger partial charge in [-0.05, 0) is 23.1 Å². The van der Waals surface area contributed by atoms with E-state index in [1.807, 2.05) is 12.1 Å². The van der Waals surface area contributed by atoms with Crippen LogP contribution < -0.4 is 4.52 Å². The molecule has 0 saturated heterocycles. The lowest BCUT2D eigenvalue weighted by Crippen LogP contribution is -2.10. The highest BCUT2D eigenvalue weighted by Gasteiger charge is 2.14. The summed E-state index contributed by atoms with van der Waals surface area (Å²) in [5.41, 5.74) is 1.10. The molecule has 0 aromatic heterocycles. The van der Waals surface area contributed by atoms with Crippen LogP contribution in [0.25, 0.3) is 0 Å². The second-order valence-electron chi connectivity index (χ2n) is 4.15. The van der Waals surface area contributed by atoms with Crippen molar-refractivity contribution in [3.8, 4) is 5.75 Å². The van der Waals surface area contributed by atoms with Gasteiger partial charge in [-0.3, -0.25) is 0 Å². The summed E-state index contributed by atoms with van der Waals surface area (Å²) < 4.78 is 15.2. The zero-order valence-electron chi connectivity index (χ0n) is 8.57. The third-order valence-corrected chi connectivity index (χ3v) is 2.32. The van der Waals surface area contributed by atoms with E-state index in [1.165, 1.54) is 0 Å². The van der Waals surface area contributed by atoms with Crippen LogP contribution in [0, 0.1) is 0 Å². The van der Waals surface area contributed by atoms with Gasteiger partial charge in [0.1, 0.15) is 5.75 Å². The van der Waals surface area contributed by atoms with E-state index in [-0.39, 0.29) is 5.41 Å². The van der Waals surface area contributed by atoms with Gasteiger partial charge in [0.05, 0.1) is 0 Å². The van der Waals surface area contributed by atoms with Gasteiger partial charge in [-0.1, -0.05) is 32.9 Å². The average Bonchev–Trinajstić information content (AvgIpc) is 2.01. The molecule has 3 nitrogen and oxygen atoms in total. The van der Waals surface area contributed by atoms with Gasteiger partial charge >= 0.3 is 8.25 Å². The van der Waals surface area contributed by atoms with E-state index in [2.05, 4.69) is 20.8 Å². The molecule has 0 fully saturated rings. The molecule has 14 heavy (non-hydrogen) atoms. The van der Waals surface area contributed by atoms with Crippen LogP contribution in [0.15, 0.2) is 24.3 Å². The van der Waals surface area contributed by atoms with Crippen LogP contribution in [0.2, 0.25) is 0 Å². The SMILES string of the molecule is CC(C)(C)c1cccc(O[PH](=O)O)c1. The van der Waals surface area contributed by atoms with Crippen LogP contribution in [-0.2, 0) is 9.98 Å². The normalized spacial score (nSPS) is 13.7. The fraction of sp³-hybridized carbons (Fsp3) is 0.400. The first-order valence-corrected chi connectivity index (χ1v) is 5.67. The molecule has 0 aliphatic heterocycles. The van der Waals surface area contributed by atoms with Crippen LogP contribution in [-0.4, -0.2) is 4.89 Å². The van der Waals surface area contributed by atoms with Crippen LogP contribution >= 0.6 is 8.25 Å². The van der Waals surface area contributed by atoms with Crippen molar-refractivity contribution in [2.75, 3.05) is 0 Å². The van der Waals surface area contributed by atoms with E-state index in [4.69, 9.17) is 9.42 Å². The Hall–Kier alpha value is -0.790. The summed E-state index contributed by atoms with van der Waals surface area (Å²) in [4.78, 5) is 8.62. The van der Waals surface area contributed by atoms with Gasteiger partial charge < -0.3 is 9.42 Å². The van der Waals surface area contributed by atoms with Crippen molar-refractivity contribution in [1.82, 2.24) is 0 Å². The van der Waals surface area contributed by atoms with Crippen molar-refractivity contribution in [2.45, 2.75) is 26.2 Å². The summed E-state index contributed by atoms with van der Waals surface area (Å²) in [5, 5.41) is 0. The van der Waals surface area contributed by atoms with E-state index in [9.17, 15) is 4.57 Å². The lowest BCUT2D eigenvalue weighted by atomic mass is 9.87. The van der Waals surface area contributed by atoms with E-state index >= 15 is 0 Å². The number of rotatable bonds is 2. The first kappa shape index (κ1) is 11.3. The first-order valence-electron chi connectivity index (χ1n) is 4.41. The summed E-state index contributed by atoms with van der Waals surface area (Å²) in [7, 11) is -2.90. The van der Waals surface area contributed by atoms with Gasteiger partial charge in [0, 0.05) is 0 Å². The highest BCUT2D eigenvalue weighted by Crippen LogP contribution is 2.28. The Morgan fingerprint density at radius 2 is 2.00 bits per heavy atom. The van der Waals surface area contributed by atoms with Crippen LogP contribution in [0.3, 0.4) is 0 Å². The summed E-state index contributed by atoms with van der Waals surface area (Å²) in [5.74, 6) is 0.448. The Kier molecular flexibility index (Phi) is 3.35. The molecule has 0 spiro atoms. The van der Waals surface area contributed by atoms with Crippen molar-refractivity contribution in [2.24, 2.45) is 0 Å². The maximum atomic E-state index is 10.5. The Bertz CT molecular complexity index is 341. The minimum atomic E-state index is -2.90. The van der Waals surface area contributed by atoms with Crippen molar-refractivity contribution in [1.29, 1.82) is 0 Å². The molecule has 0 bridgehead atoms. The molecule has 1 atom stereocenters. The van der Waals surface area contributed by atoms with Crippen LogP contribution in [0.4, 0.5) is 0 Å². The minimum absolute atomic E-state index is 0.0185. The van der Waals surface area contributed by atoms with Crippen molar-refractivity contribution in [3.05, 3.63) is 29.8 Å². The first-order chi connectivity index (χ1) is 6.39. The minimum Gasteiger partial charge on any atom is -0.426 e. The van der Waals surface area contributed by atoms with Gasteiger partial charge in [-0.25, -0.2) is 4.57 Å². The monoisotopic (exact) mass is 214 g/mol. The van der Waals surface area contributed by atoms with Crippen molar-refractivity contribution >= 4 is 8.25 Å². The molecule has 0 saturated carbocycles. The molecule has 0 heterocycles. The maximum absolute atomic E-state index is 10.5. The predicted octanol–water partition coefficient (Wildman–Crippen LogP) is 2.74. The third-order valence-electron chi connectivity index (χ3n) is 1.91. The lowest BCUT2D eigenvalue weighted by Gasteiger charge is -2.19. The van der Waals surface area contributed by atoms with E-state index in [0.29, 0.717) is 5.75 Å². The number of hydrogen-bond acceptors (Lipinski definition) is 2. The number of benzene rings is 1. The average molecular weight is 214 g/mol. The van der Waals surface area contributed by atoms with Gasteiger partial charge in [0.15, 0.2) is 0 Å². The van der Waals surface area contributed by atoms with Gasteiger partial charge in [0.25, 0.3) is 0 Å². The predicted molar refractivity (Wildman–Crippen MR) is 57.0 cm³/mol. The molecule has 0 amide bonds. The standard InChI is InChI=1S/C10H15O3P/c1-10(2,3)8-5-4-6-9(7-8)13-14(11)12/h4-7,14H,1-3H3,(H,11,12).